The molecule has 0 aromatic heterocycles. The molecule has 0 bridgehead atoms. The monoisotopic (exact) mass is 496 g/mol. The zero-order valence-corrected chi connectivity index (χ0v) is 20.8. The van der Waals surface area contributed by atoms with E-state index in [0.717, 1.165) is 31.6 Å². The molecule has 0 N–H and O–H groups in total. The van der Waals surface area contributed by atoms with Crippen LogP contribution >= 0.6 is 31.9 Å². The lowest BCUT2D eigenvalue weighted by molar-refractivity contribution is 0.388. The van der Waals surface area contributed by atoms with Gasteiger partial charge in [-0.05, 0) is 34.1 Å². The first-order valence-electron chi connectivity index (χ1n) is 9.13. The van der Waals surface area contributed by atoms with Crippen LogP contribution in [0.15, 0.2) is 33.2 Å². The van der Waals surface area contributed by atoms with E-state index in [-0.39, 0.29) is 10.8 Å². The number of rotatable bonds is 4. The highest BCUT2D eigenvalue weighted by atomic mass is 79.9. The molecule has 0 radical (unpaired) electrons. The maximum atomic E-state index is 5.88. The van der Waals surface area contributed by atoms with E-state index in [2.05, 4.69) is 97.7 Å². The number of hydrogen-bond donors (Lipinski definition) is 0. The third-order valence-corrected chi connectivity index (χ3v) is 6.27. The Morgan fingerprint density at radius 3 is 1.26 bits per heavy atom. The molecule has 0 saturated carbocycles. The summed E-state index contributed by atoms with van der Waals surface area (Å²) in [7, 11) is 3.50. The van der Waals surface area contributed by atoms with Crippen molar-refractivity contribution in [3.63, 3.8) is 0 Å². The molecule has 4 heteroatoms. The van der Waals surface area contributed by atoms with Crippen LogP contribution in [0.25, 0.3) is 0 Å². The zero-order chi connectivity index (χ0) is 20.6. The first-order chi connectivity index (χ1) is 12.4. The first kappa shape index (κ1) is 22.3. The molecule has 0 amide bonds. The number of hydrogen-bond acceptors (Lipinski definition) is 2. The Balaban J connectivity index is 2.71. The Morgan fingerprint density at radius 1 is 0.667 bits per heavy atom. The highest BCUT2D eigenvalue weighted by Gasteiger charge is 2.26. The van der Waals surface area contributed by atoms with E-state index in [1.165, 1.54) is 11.1 Å². The topological polar surface area (TPSA) is 18.5 Å². The summed E-state index contributed by atoms with van der Waals surface area (Å²) in [6, 6.07) is 8.52. The van der Waals surface area contributed by atoms with Crippen molar-refractivity contribution in [2.24, 2.45) is 0 Å². The number of ether oxygens (including phenoxy) is 2. The Labute approximate surface area is 180 Å². The molecule has 0 aliphatic carbocycles. The molecule has 27 heavy (non-hydrogen) atoms. The van der Waals surface area contributed by atoms with Gasteiger partial charge < -0.3 is 9.47 Å². The maximum Gasteiger partial charge on any atom is 0.127 e. The van der Waals surface area contributed by atoms with Gasteiger partial charge in [-0.3, -0.25) is 0 Å². The van der Waals surface area contributed by atoms with Gasteiger partial charge in [0.15, 0.2) is 0 Å². The lowest BCUT2D eigenvalue weighted by Crippen LogP contribution is -2.16. The smallest absolute Gasteiger partial charge is 0.127 e. The van der Waals surface area contributed by atoms with Crippen molar-refractivity contribution in [3.05, 3.63) is 55.5 Å². The minimum atomic E-state index is -0.00459. The van der Waals surface area contributed by atoms with E-state index in [0.29, 0.717) is 6.42 Å². The molecule has 0 unspecified atom stereocenters. The summed E-state index contributed by atoms with van der Waals surface area (Å²) in [6.45, 7) is 13.2. The van der Waals surface area contributed by atoms with E-state index in [4.69, 9.17) is 9.47 Å². The summed E-state index contributed by atoms with van der Waals surface area (Å²) in [4.78, 5) is 0. The first-order valence-corrected chi connectivity index (χ1v) is 10.7. The van der Waals surface area contributed by atoms with Gasteiger partial charge in [0, 0.05) is 26.5 Å². The number of halogens is 2. The minimum absolute atomic E-state index is 0.00459. The Kier molecular flexibility index (Phi) is 6.74. The van der Waals surface area contributed by atoms with Gasteiger partial charge in [0.05, 0.1) is 14.2 Å². The van der Waals surface area contributed by atoms with Crippen molar-refractivity contribution in [2.45, 2.75) is 58.8 Å². The summed E-state index contributed by atoms with van der Waals surface area (Å²) in [6.07, 6.45) is 0.710. The lowest BCUT2D eigenvalue weighted by atomic mass is 9.83. The predicted molar refractivity (Wildman–Crippen MR) is 122 cm³/mol. The molecule has 0 heterocycles. The molecular weight excluding hydrogens is 468 g/mol. The SMILES string of the molecule is COc1c(C(C)(C)C)ccc(Br)c1Cc1c(Br)ccc(C(C)(C)C)c1OC. The molecule has 0 spiro atoms. The molecule has 0 saturated heterocycles. The van der Waals surface area contributed by atoms with E-state index < -0.39 is 0 Å². The second kappa shape index (κ2) is 8.16. The van der Waals surface area contributed by atoms with E-state index in [1.54, 1.807) is 14.2 Å². The van der Waals surface area contributed by atoms with Crippen molar-refractivity contribution in [1.29, 1.82) is 0 Å². The van der Waals surface area contributed by atoms with Gasteiger partial charge in [-0.1, -0.05) is 85.5 Å². The van der Waals surface area contributed by atoms with Crippen LogP contribution in [0.4, 0.5) is 0 Å². The van der Waals surface area contributed by atoms with Crippen molar-refractivity contribution in [1.82, 2.24) is 0 Å². The summed E-state index contributed by atoms with van der Waals surface area (Å²) in [5.74, 6) is 1.87. The summed E-state index contributed by atoms with van der Waals surface area (Å²) in [5, 5.41) is 0. The third kappa shape index (κ3) is 4.71. The predicted octanol–water partition coefficient (Wildman–Crippen LogP) is 7.41. The Morgan fingerprint density at radius 2 is 1.00 bits per heavy atom. The lowest BCUT2D eigenvalue weighted by Gasteiger charge is -2.27. The van der Waals surface area contributed by atoms with Crippen LogP contribution in [0.2, 0.25) is 0 Å². The molecule has 0 fully saturated rings. The van der Waals surface area contributed by atoms with Gasteiger partial charge in [-0.25, -0.2) is 0 Å². The van der Waals surface area contributed by atoms with E-state index in [9.17, 15) is 0 Å². The fraction of sp³-hybridized carbons (Fsp3) is 0.478. The van der Waals surface area contributed by atoms with E-state index in [1.807, 2.05) is 0 Å². The van der Waals surface area contributed by atoms with Gasteiger partial charge in [0.25, 0.3) is 0 Å². The average molecular weight is 498 g/mol. The third-order valence-electron chi connectivity index (χ3n) is 4.78. The van der Waals surface area contributed by atoms with E-state index >= 15 is 0 Å². The van der Waals surface area contributed by atoms with Gasteiger partial charge in [-0.2, -0.15) is 0 Å². The van der Waals surface area contributed by atoms with Crippen LogP contribution < -0.4 is 9.47 Å². The van der Waals surface area contributed by atoms with Crippen LogP contribution in [0.5, 0.6) is 11.5 Å². The summed E-state index contributed by atoms with van der Waals surface area (Å²) < 4.78 is 13.8. The molecule has 0 aliphatic heterocycles. The zero-order valence-electron chi connectivity index (χ0n) is 17.6. The molecule has 148 valence electrons. The second-order valence-corrected chi connectivity index (χ2v) is 10.6. The number of benzene rings is 2. The van der Waals surface area contributed by atoms with Crippen LogP contribution in [0.1, 0.15) is 63.8 Å². The number of methoxy groups -OCH3 is 2. The molecular formula is C23H30Br2O2. The molecule has 2 aromatic carbocycles. The van der Waals surface area contributed by atoms with Gasteiger partial charge >= 0.3 is 0 Å². The average Bonchev–Trinajstić information content (AvgIpc) is 2.55. The minimum Gasteiger partial charge on any atom is -0.496 e. The van der Waals surface area contributed by atoms with Crippen molar-refractivity contribution >= 4 is 31.9 Å². The van der Waals surface area contributed by atoms with Gasteiger partial charge in [-0.15, -0.1) is 0 Å². The molecule has 2 rings (SSSR count). The fourth-order valence-corrected chi connectivity index (χ4v) is 4.27. The highest BCUT2D eigenvalue weighted by Crippen LogP contribution is 2.43. The Bertz CT molecular complexity index is 758. The second-order valence-electron chi connectivity index (χ2n) is 8.89. The van der Waals surface area contributed by atoms with Crippen molar-refractivity contribution in [2.75, 3.05) is 14.2 Å². The quantitative estimate of drug-likeness (QED) is 0.437. The van der Waals surface area contributed by atoms with Gasteiger partial charge in [0.1, 0.15) is 11.5 Å². The fourth-order valence-electron chi connectivity index (χ4n) is 3.36. The standard InChI is InChI=1S/C23H30Br2O2/c1-22(2,3)16-9-11-18(24)14(20(16)26-7)13-15-19(25)12-10-17(21(15)27-8)23(4,5)6/h9-12H,13H2,1-8H3. The van der Waals surface area contributed by atoms with Crippen LogP contribution in [0.3, 0.4) is 0 Å². The largest absolute Gasteiger partial charge is 0.496 e. The molecule has 2 aromatic rings. The normalized spacial score (nSPS) is 12.2. The van der Waals surface area contributed by atoms with Gasteiger partial charge in [0.2, 0.25) is 0 Å². The molecule has 0 atom stereocenters. The van der Waals surface area contributed by atoms with Crippen molar-refractivity contribution < 1.29 is 9.47 Å². The van der Waals surface area contributed by atoms with Crippen molar-refractivity contribution in [3.8, 4) is 11.5 Å². The van der Waals surface area contributed by atoms with Crippen LogP contribution in [0, 0.1) is 0 Å². The van der Waals surface area contributed by atoms with Crippen LogP contribution in [-0.2, 0) is 17.3 Å². The van der Waals surface area contributed by atoms with Crippen LogP contribution in [-0.4, -0.2) is 14.2 Å². The molecule has 2 nitrogen and oxygen atoms in total. The maximum absolute atomic E-state index is 5.88. The summed E-state index contributed by atoms with van der Waals surface area (Å²) in [5.41, 5.74) is 4.66. The highest BCUT2D eigenvalue weighted by molar-refractivity contribution is 9.10. The Hall–Kier alpha value is -1.00. The summed E-state index contributed by atoms with van der Waals surface area (Å²) >= 11 is 7.48. The molecule has 0 aliphatic rings.